The van der Waals surface area contributed by atoms with Crippen LogP contribution < -0.4 is 11.3 Å². The molecule has 0 aliphatic heterocycles. The molecule has 1 atom stereocenters. The molecule has 0 saturated carbocycles. The van der Waals surface area contributed by atoms with Crippen LogP contribution in [0.5, 0.6) is 5.88 Å². The normalized spacial score (nSPS) is 12.9. The molecule has 1 unspecified atom stereocenters. The van der Waals surface area contributed by atoms with E-state index < -0.39 is 16.2 Å². The fourth-order valence-corrected chi connectivity index (χ4v) is 5.49. The second kappa shape index (κ2) is 12.7. The van der Waals surface area contributed by atoms with Crippen LogP contribution in [0.4, 0.5) is 11.4 Å². The van der Waals surface area contributed by atoms with Gasteiger partial charge in [-0.3, -0.25) is 9.36 Å². The van der Waals surface area contributed by atoms with E-state index >= 15 is 0 Å². The van der Waals surface area contributed by atoms with Crippen molar-refractivity contribution in [3.05, 3.63) is 82.1 Å². The molecule has 3 aromatic rings. The highest BCUT2D eigenvalue weighted by Gasteiger charge is 2.29. The molecule has 10 nitrogen and oxygen atoms in total. The van der Waals surface area contributed by atoms with Crippen LogP contribution in [0.25, 0.3) is 0 Å². The van der Waals surface area contributed by atoms with Gasteiger partial charge >= 0.3 is 0 Å². The van der Waals surface area contributed by atoms with Gasteiger partial charge in [0.05, 0.1) is 23.4 Å². The lowest BCUT2D eigenvalue weighted by Gasteiger charge is -2.27. The molecule has 198 valence electrons. The summed E-state index contributed by atoms with van der Waals surface area (Å²) >= 11 is 0. The van der Waals surface area contributed by atoms with E-state index in [9.17, 15) is 23.4 Å². The molecule has 37 heavy (non-hydrogen) atoms. The summed E-state index contributed by atoms with van der Waals surface area (Å²) in [5, 5.41) is 28.5. The maximum Gasteiger partial charge on any atom is 0.253 e. The Morgan fingerprint density at radius 1 is 1.08 bits per heavy atom. The Bertz CT molecular complexity index is 1390. The largest absolute Gasteiger partial charge is 0.493 e. The Labute approximate surface area is 216 Å². The highest BCUT2D eigenvalue weighted by Crippen LogP contribution is 2.31. The smallest absolute Gasteiger partial charge is 0.253 e. The lowest BCUT2D eigenvalue weighted by atomic mass is 10.1. The first-order valence-electron chi connectivity index (χ1n) is 12.1. The molecule has 0 aliphatic rings. The van der Waals surface area contributed by atoms with E-state index in [1.807, 2.05) is 37.3 Å². The van der Waals surface area contributed by atoms with Crippen LogP contribution in [-0.2, 0) is 23.0 Å². The molecule has 11 heteroatoms. The SMILES string of the molecule is CCCC(N)N(CCO)S(=O)(=O)c1cccc(N=Nc2c(C)cc(=O)n(CCc3ccccc3)c2O)c1. The van der Waals surface area contributed by atoms with Crippen LogP contribution in [0, 0.1) is 6.92 Å². The number of nitrogens with zero attached hydrogens (tertiary/aromatic N) is 4. The molecular formula is C26H33N5O5S. The minimum atomic E-state index is -4.00. The van der Waals surface area contributed by atoms with Crippen LogP contribution in [-0.4, -0.2) is 46.8 Å². The van der Waals surface area contributed by atoms with E-state index in [4.69, 9.17) is 5.73 Å². The number of sulfonamides is 1. The summed E-state index contributed by atoms with van der Waals surface area (Å²) in [5.41, 5.74) is 7.52. The monoisotopic (exact) mass is 527 g/mol. The van der Waals surface area contributed by atoms with Crippen LogP contribution >= 0.6 is 0 Å². The second-order valence-electron chi connectivity index (χ2n) is 8.62. The fourth-order valence-electron chi connectivity index (χ4n) is 3.92. The third kappa shape index (κ3) is 6.89. The number of hydrogen-bond donors (Lipinski definition) is 3. The average molecular weight is 528 g/mol. The molecular weight excluding hydrogens is 494 g/mol. The zero-order chi connectivity index (χ0) is 27.0. The van der Waals surface area contributed by atoms with Gasteiger partial charge in [-0.15, -0.1) is 5.11 Å². The van der Waals surface area contributed by atoms with Gasteiger partial charge in [-0.1, -0.05) is 49.7 Å². The topological polar surface area (TPSA) is 151 Å². The Morgan fingerprint density at radius 2 is 1.81 bits per heavy atom. The van der Waals surface area contributed by atoms with Crippen molar-refractivity contribution >= 4 is 21.4 Å². The predicted octanol–water partition coefficient (Wildman–Crippen LogP) is 3.59. The van der Waals surface area contributed by atoms with E-state index in [-0.39, 0.29) is 47.4 Å². The van der Waals surface area contributed by atoms with Crippen molar-refractivity contribution in [3.8, 4) is 5.88 Å². The molecule has 1 aromatic heterocycles. The van der Waals surface area contributed by atoms with Crippen molar-refractivity contribution < 1.29 is 18.6 Å². The molecule has 0 amide bonds. The van der Waals surface area contributed by atoms with Gasteiger partial charge in [0, 0.05) is 19.2 Å². The lowest BCUT2D eigenvalue weighted by Crippen LogP contribution is -2.47. The predicted molar refractivity (Wildman–Crippen MR) is 142 cm³/mol. The van der Waals surface area contributed by atoms with Crippen molar-refractivity contribution in [2.45, 2.75) is 50.7 Å². The first kappa shape index (κ1) is 28.2. The van der Waals surface area contributed by atoms with Gasteiger partial charge in [-0.25, -0.2) is 8.42 Å². The number of benzene rings is 2. The number of rotatable bonds is 12. The van der Waals surface area contributed by atoms with E-state index in [0.29, 0.717) is 24.8 Å². The summed E-state index contributed by atoms with van der Waals surface area (Å²) in [6.07, 6.45) is 0.891. The van der Waals surface area contributed by atoms with Crippen molar-refractivity contribution in [3.63, 3.8) is 0 Å². The maximum atomic E-state index is 13.2. The summed E-state index contributed by atoms with van der Waals surface area (Å²) in [6, 6.07) is 16.8. The number of aliphatic hydroxyl groups excluding tert-OH is 1. The number of aromatic hydroxyl groups is 1. The van der Waals surface area contributed by atoms with Crippen molar-refractivity contribution in [1.29, 1.82) is 0 Å². The van der Waals surface area contributed by atoms with Gasteiger partial charge in [0.2, 0.25) is 15.9 Å². The number of hydrogen-bond acceptors (Lipinski definition) is 8. The van der Waals surface area contributed by atoms with Crippen LogP contribution in [0.1, 0.15) is 30.9 Å². The number of aryl methyl sites for hydroxylation is 2. The summed E-state index contributed by atoms with van der Waals surface area (Å²) < 4.78 is 28.8. The zero-order valence-corrected chi connectivity index (χ0v) is 21.8. The molecule has 3 rings (SSSR count). The van der Waals surface area contributed by atoms with Gasteiger partial charge in [-0.05, 0) is 49.1 Å². The van der Waals surface area contributed by atoms with Crippen LogP contribution in [0.2, 0.25) is 0 Å². The minimum Gasteiger partial charge on any atom is -0.493 e. The van der Waals surface area contributed by atoms with Crippen molar-refractivity contribution in [2.24, 2.45) is 16.0 Å². The Morgan fingerprint density at radius 3 is 2.49 bits per heavy atom. The van der Waals surface area contributed by atoms with Crippen molar-refractivity contribution in [1.82, 2.24) is 8.87 Å². The van der Waals surface area contributed by atoms with Crippen LogP contribution in [0.3, 0.4) is 0 Å². The minimum absolute atomic E-state index is 0.0438. The molecule has 0 radical (unpaired) electrons. The molecule has 0 fully saturated rings. The number of aromatic nitrogens is 1. The molecule has 0 saturated heterocycles. The molecule has 4 N–H and O–H groups in total. The Hall–Kier alpha value is -3.38. The summed E-state index contributed by atoms with van der Waals surface area (Å²) in [6.45, 7) is 3.29. The quantitative estimate of drug-likeness (QED) is 0.242. The highest BCUT2D eigenvalue weighted by molar-refractivity contribution is 7.89. The third-order valence-corrected chi connectivity index (χ3v) is 7.80. The van der Waals surface area contributed by atoms with E-state index in [0.717, 1.165) is 9.87 Å². The second-order valence-corrected chi connectivity index (χ2v) is 10.5. The maximum absolute atomic E-state index is 13.2. The van der Waals surface area contributed by atoms with Gasteiger partial charge in [0.1, 0.15) is 5.69 Å². The molecule has 0 aliphatic carbocycles. The number of nitrogens with two attached hydrogens (primary N) is 1. The first-order chi connectivity index (χ1) is 17.7. The van der Waals surface area contributed by atoms with Gasteiger partial charge in [0.15, 0.2) is 0 Å². The van der Waals surface area contributed by atoms with Gasteiger partial charge in [-0.2, -0.15) is 9.42 Å². The Balaban J connectivity index is 1.90. The Kier molecular flexibility index (Phi) is 9.70. The average Bonchev–Trinajstić information content (AvgIpc) is 2.87. The highest BCUT2D eigenvalue weighted by atomic mass is 32.2. The molecule has 2 aromatic carbocycles. The standard InChI is InChI=1S/C26H33N5O5S/c1-3-8-23(27)31(15-16-32)37(35,36)22-12-7-11-21(18-22)28-29-25-19(2)17-24(33)30(26(25)34)14-13-20-9-5-4-6-10-20/h4-7,9-12,17-18,23,32,34H,3,8,13-16,27H2,1-2H3. The van der Waals surface area contributed by atoms with E-state index in [1.54, 1.807) is 13.0 Å². The number of azo groups is 1. The summed E-state index contributed by atoms with van der Waals surface area (Å²) in [4.78, 5) is 12.5. The lowest BCUT2D eigenvalue weighted by molar-refractivity contribution is 0.221. The van der Waals surface area contributed by atoms with E-state index in [2.05, 4.69) is 10.2 Å². The van der Waals surface area contributed by atoms with Gasteiger partial charge < -0.3 is 15.9 Å². The number of pyridine rings is 1. The van der Waals surface area contributed by atoms with Gasteiger partial charge in [0.25, 0.3) is 5.56 Å². The number of aliphatic hydroxyl groups is 1. The summed E-state index contributed by atoms with van der Waals surface area (Å²) in [7, 11) is -4.00. The third-order valence-electron chi connectivity index (χ3n) is 5.88. The zero-order valence-electron chi connectivity index (χ0n) is 21.0. The molecule has 0 spiro atoms. The summed E-state index contributed by atoms with van der Waals surface area (Å²) in [5.74, 6) is -0.312. The van der Waals surface area contributed by atoms with Crippen LogP contribution in [0.15, 0.2) is 80.6 Å². The first-order valence-corrected chi connectivity index (χ1v) is 13.5. The van der Waals surface area contributed by atoms with Crippen molar-refractivity contribution in [2.75, 3.05) is 13.2 Å². The van der Waals surface area contributed by atoms with E-state index in [1.165, 1.54) is 28.8 Å². The molecule has 1 heterocycles. The fraction of sp³-hybridized carbons (Fsp3) is 0.346. The molecule has 0 bridgehead atoms.